The maximum atomic E-state index is 12.8. The first-order valence-electron chi connectivity index (χ1n) is 6.81. The Labute approximate surface area is 130 Å². The molecule has 1 rings (SSSR count). The van der Waals surface area contributed by atoms with Gasteiger partial charge in [0, 0.05) is 18.4 Å². The van der Waals surface area contributed by atoms with Gasteiger partial charge in [0.05, 0.1) is 13.2 Å². The second-order valence-corrected chi connectivity index (χ2v) is 7.08. The zero-order chi connectivity index (χ0) is 15.9. The molecule has 5 nitrogen and oxygen atoms in total. The van der Waals surface area contributed by atoms with Crippen LogP contribution in [0.5, 0.6) is 0 Å². The van der Waals surface area contributed by atoms with E-state index in [0.717, 1.165) is 5.56 Å². The van der Waals surface area contributed by atoms with E-state index in [1.807, 2.05) is 12.1 Å². The molecule has 7 heteroatoms. The Kier molecular flexibility index (Phi) is 7.40. The zero-order valence-electron chi connectivity index (χ0n) is 12.5. The number of halogens is 1. The lowest BCUT2D eigenvalue weighted by atomic mass is 10.1. The summed E-state index contributed by atoms with van der Waals surface area (Å²) in [6.45, 7) is 5.33. The molecule has 1 aromatic rings. The monoisotopic (exact) mass is 333 g/mol. The van der Waals surface area contributed by atoms with Crippen molar-refractivity contribution in [2.45, 2.75) is 33.0 Å². The largest absolute Gasteiger partial charge is 0.353 e. The van der Waals surface area contributed by atoms with Gasteiger partial charge in [0.1, 0.15) is 5.78 Å². The lowest BCUT2D eigenvalue weighted by molar-refractivity contribution is -0.119. The fourth-order valence-electron chi connectivity index (χ4n) is 1.90. The van der Waals surface area contributed by atoms with Crippen LogP contribution in [0.2, 0.25) is 5.02 Å². The molecule has 1 unspecified atom stereocenters. The van der Waals surface area contributed by atoms with Gasteiger partial charge in [-0.05, 0) is 31.5 Å². The zero-order valence-corrected chi connectivity index (χ0v) is 14.1. The highest BCUT2D eigenvalue weighted by atomic mass is 35.5. The molecule has 118 valence electrons. The Hall–Kier alpha value is -0.870. The number of rotatable bonds is 8. The number of benzene rings is 1. The van der Waals surface area contributed by atoms with Crippen molar-refractivity contribution in [2.75, 3.05) is 13.2 Å². The van der Waals surface area contributed by atoms with E-state index in [1.165, 1.54) is 6.92 Å². The topological polar surface area (TPSA) is 64.6 Å². The molecular formula is C14H21ClNO4P. The minimum atomic E-state index is -3.43. The molecule has 21 heavy (non-hydrogen) atoms. The van der Waals surface area contributed by atoms with Crippen molar-refractivity contribution in [1.29, 1.82) is 0 Å². The lowest BCUT2D eigenvalue weighted by Crippen LogP contribution is -2.36. The van der Waals surface area contributed by atoms with Gasteiger partial charge in [-0.25, -0.2) is 0 Å². The van der Waals surface area contributed by atoms with E-state index in [1.54, 1.807) is 26.0 Å². The summed E-state index contributed by atoms with van der Waals surface area (Å²) in [7, 11) is -3.43. The van der Waals surface area contributed by atoms with Crippen LogP contribution in [0.4, 0.5) is 0 Å². The average molecular weight is 334 g/mol. The molecule has 0 fully saturated rings. The first kappa shape index (κ1) is 18.2. The van der Waals surface area contributed by atoms with Gasteiger partial charge in [-0.3, -0.25) is 9.36 Å². The maximum Gasteiger partial charge on any atom is 0.353 e. The van der Waals surface area contributed by atoms with E-state index in [2.05, 4.69) is 5.32 Å². The molecular weight excluding hydrogens is 313 g/mol. The molecule has 1 amide bonds. The SMILES string of the molecule is CCOP(=O)(OCC)C(Cc1ccc(Cl)cc1)NC(C)=O. The molecule has 0 aromatic heterocycles. The number of carbonyl (C=O) groups excluding carboxylic acids is 1. The Morgan fingerprint density at radius 1 is 1.24 bits per heavy atom. The first-order valence-corrected chi connectivity index (χ1v) is 8.80. The molecule has 0 radical (unpaired) electrons. The quantitative estimate of drug-likeness (QED) is 0.738. The van der Waals surface area contributed by atoms with E-state index in [9.17, 15) is 9.36 Å². The van der Waals surface area contributed by atoms with Crippen molar-refractivity contribution in [3.63, 3.8) is 0 Å². The molecule has 0 aliphatic heterocycles. The van der Waals surface area contributed by atoms with Crippen LogP contribution < -0.4 is 5.32 Å². The summed E-state index contributed by atoms with van der Waals surface area (Å²) >= 11 is 5.85. The van der Waals surface area contributed by atoms with E-state index >= 15 is 0 Å². The van der Waals surface area contributed by atoms with Crippen LogP contribution in [0.15, 0.2) is 24.3 Å². The molecule has 0 bridgehead atoms. The number of nitrogens with one attached hydrogen (secondary N) is 1. The third-order valence-electron chi connectivity index (χ3n) is 2.71. The molecule has 0 aliphatic rings. The van der Waals surface area contributed by atoms with Crippen molar-refractivity contribution >= 4 is 25.1 Å². The minimum absolute atomic E-state index is 0.244. The van der Waals surface area contributed by atoms with Gasteiger partial charge < -0.3 is 14.4 Å². The fraction of sp³-hybridized carbons (Fsp3) is 0.500. The molecule has 0 heterocycles. The van der Waals surface area contributed by atoms with E-state index in [-0.39, 0.29) is 19.1 Å². The summed E-state index contributed by atoms with van der Waals surface area (Å²) in [6.07, 6.45) is 0.341. The molecule has 0 aliphatic carbocycles. The van der Waals surface area contributed by atoms with E-state index in [4.69, 9.17) is 20.6 Å². The predicted molar refractivity (Wildman–Crippen MR) is 83.6 cm³/mol. The van der Waals surface area contributed by atoms with Crippen molar-refractivity contribution in [1.82, 2.24) is 5.32 Å². The van der Waals surface area contributed by atoms with Crippen LogP contribution in [0.1, 0.15) is 26.3 Å². The normalized spacial score (nSPS) is 13.0. The summed E-state index contributed by atoms with van der Waals surface area (Å²) in [6, 6.07) is 7.13. The average Bonchev–Trinajstić information content (AvgIpc) is 2.40. The third-order valence-corrected chi connectivity index (χ3v) is 5.28. The van der Waals surface area contributed by atoms with Crippen LogP contribution in [0, 0.1) is 0 Å². The highest BCUT2D eigenvalue weighted by molar-refractivity contribution is 7.54. The molecule has 1 atom stereocenters. The molecule has 0 saturated carbocycles. The van der Waals surface area contributed by atoms with Crippen LogP contribution in [-0.4, -0.2) is 24.9 Å². The minimum Gasteiger partial charge on any atom is -0.342 e. The summed E-state index contributed by atoms with van der Waals surface area (Å²) in [4.78, 5) is 11.4. The van der Waals surface area contributed by atoms with Crippen molar-refractivity contribution in [2.24, 2.45) is 0 Å². The second kappa shape index (κ2) is 8.54. The van der Waals surface area contributed by atoms with E-state index < -0.39 is 13.4 Å². The Balaban J connectivity index is 2.99. The number of amides is 1. The van der Waals surface area contributed by atoms with Crippen molar-refractivity contribution in [3.8, 4) is 0 Å². The van der Waals surface area contributed by atoms with Crippen LogP contribution in [0.25, 0.3) is 0 Å². The molecule has 1 N–H and O–H groups in total. The Morgan fingerprint density at radius 3 is 2.19 bits per heavy atom. The number of hydrogen-bond acceptors (Lipinski definition) is 4. The van der Waals surface area contributed by atoms with Crippen LogP contribution in [-0.2, 0) is 24.8 Å². The van der Waals surface area contributed by atoms with E-state index in [0.29, 0.717) is 11.4 Å². The van der Waals surface area contributed by atoms with Crippen molar-refractivity contribution < 1.29 is 18.4 Å². The van der Waals surface area contributed by atoms with Gasteiger partial charge >= 0.3 is 7.60 Å². The molecule has 0 spiro atoms. The Morgan fingerprint density at radius 2 is 1.76 bits per heavy atom. The fourth-order valence-corrected chi connectivity index (χ4v) is 3.95. The highest BCUT2D eigenvalue weighted by Gasteiger charge is 2.36. The summed E-state index contributed by atoms with van der Waals surface area (Å²) in [5.74, 6) is -1.01. The molecule has 1 aromatic carbocycles. The lowest BCUT2D eigenvalue weighted by Gasteiger charge is -2.26. The van der Waals surface area contributed by atoms with Gasteiger partial charge in [-0.15, -0.1) is 0 Å². The first-order chi connectivity index (χ1) is 9.91. The van der Waals surface area contributed by atoms with Gasteiger partial charge in [0.25, 0.3) is 0 Å². The smallest absolute Gasteiger partial charge is 0.342 e. The van der Waals surface area contributed by atoms with Gasteiger partial charge in [-0.2, -0.15) is 0 Å². The van der Waals surface area contributed by atoms with Crippen LogP contribution >= 0.6 is 19.2 Å². The number of hydrogen-bond donors (Lipinski definition) is 1. The standard InChI is InChI=1S/C14H21ClNO4P/c1-4-19-21(18,20-5-2)14(16-11(3)17)10-12-6-8-13(15)9-7-12/h6-9,14H,4-5,10H2,1-3H3,(H,16,17). The second-order valence-electron chi connectivity index (χ2n) is 4.42. The third kappa shape index (κ3) is 5.79. The van der Waals surface area contributed by atoms with Crippen LogP contribution in [0.3, 0.4) is 0 Å². The predicted octanol–water partition coefficient (Wildman–Crippen LogP) is 3.61. The van der Waals surface area contributed by atoms with Gasteiger partial charge in [0.15, 0.2) is 0 Å². The maximum absolute atomic E-state index is 12.8. The van der Waals surface area contributed by atoms with Gasteiger partial charge in [-0.1, -0.05) is 23.7 Å². The summed E-state index contributed by atoms with van der Waals surface area (Å²) in [5, 5.41) is 3.29. The van der Waals surface area contributed by atoms with Crippen molar-refractivity contribution in [3.05, 3.63) is 34.9 Å². The summed E-state index contributed by atoms with van der Waals surface area (Å²) in [5.41, 5.74) is 0.887. The van der Waals surface area contributed by atoms with Gasteiger partial charge in [0.2, 0.25) is 5.91 Å². The molecule has 0 saturated heterocycles. The Bertz CT molecular complexity index is 496. The summed E-state index contributed by atoms with van der Waals surface area (Å²) < 4.78 is 23.5. The number of carbonyl (C=O) groups is 1. The highest BCUT2D eigenvalue weighted by Crippen LogP contribution is 2.52.